The topological polar surface area (TPSA) is 71.4 Å². The van der Waals surface area contributed by atoms with Crippen molar-refractivity contribution < 1.29 is 17.8 Å². The second-order valence-electron chi connectivity index (χ2n) is 5.62. The van der Waals surface area contributed by atoms with E-state index in [9.17, 15) is 17.8 Å². The first-order valence-corrected chi connectivity index (χ1v) is 8.55. The summed E-state index contributed by atoms with van der Waals surface area (Å²) in [5.74, 6) is 0.132. The minimum absolute atomic E-state index is 0.111. The van der Waals surface area contributed by atoms with Crippen LogP contribution >= 0.6 is 0 Å². The van der Waals surface area contributed by atoms with Gasteiger partial charge in [0.2, 0.25) is 0 Å². The van der Waals surface area contributed by atoms with Crippen molar-refractivity contribution in [2.75, 3.05) is 0 Å². The largest absolute Gasteiger partial charge is 0.295 e. The van der Waals surface area contributed by atoms with Crippen molar-refractivity contribution in [1.82, 2.24) is 0 Å². The van der Waals surface area contributed by atoms with Gasteiger partial charge in [0.05, 0.1) is 0 Å². The lowest BCUT2D eigenvalue weighted by Gasteiger charge is -2.16. The van der Waals surface area contributed by atoms with Crippen LogP contribution in [0, 0.1) is 6.92 Å². The Bertz CT molecular complexity index is 866. The van der Waals surface area contributed by atoms with Gasteiger partial charge in [0.15, 0.2) is 5.78 Å². The highest BCUT2D eigenvalue weighted by molar-refractivity contribution is 7.86. The summed E-state index contributed by atoms with van der Waals surface area (Å²) >= 11 is 0. The molecule has 2 aromatic carbocycles. The Kier molecular flexibility index (Phi) is 3.62. The summed E-state index contributed by atoms with van der Waals surface area (Å²) < 4.78 is 32.6. The van der Waals surface area contributed by atoms with Gasteiger partial charge in [-0.3, -0.25) is 9.35 Å². The van der Waals surface area contributed by atoms with Gasteiger partial charge < -0.3 is 0 Å². The molecule has 4 nitrogen and oxygen atoms in total. The third-order valence-electron chi connectivity index (χ3n) is 3.98. The monoisotopic (exact) mass is 316 g/mol. The van der Waals surface area contributed by atoms with Crippen LogP contribution in [0.25, 0.3) is 11.1 Å². The summed E-state index contributed by atoms with van der Waals surface area (Å²) in [7, 11) is -4.30. The molecule has 0 saturated carbocycles. The third kappa shape index (κ3) is 2.69. The molecule has 0 fully saturated rings. The van der Waals surface area contributed by atoms with E-state index in [4.69, 9.17) is 0 Å². The SMILES string of the molecule is Cc1ccc(S(=O)(=O)O)c(-c2ccc3c(c2)CCCC3=O)c1. The van der Waals surface area contributed by atoms with E-state index in [-0.39, 0.29) is 10.7 Å². The maximum absolute atomic E-state index is 11.9. The summed E-state index contributed by atoms with van der Waals surface area (Å²) in [6.07, 6.45) is 2.18. The predicted molar refractivity (Wildman–Crippen MR) is 83.7 cm³/mol. The van der Waals surface area contributed by atoms with Crippen LogP contribution in [0.4, 0.5) is 0 Å². The molecule has 0 spiro atoms. The standard InChI is InChI=1S/C17H16O4S/c1-11-5-8-17(22(19,20)21)15(9-11)13-6-7-14-12(10-13)3-2-4-16(14)18/h5-10H,2-4H2,1H3,(H,19,20,21). The minimum Gasteiger partial charge on any atom is -0.294 e. The summed E-state index contributed by atoms with van der Waals surface area (Å²) in [6.45, 7) is 1.86. The highest BCUT2D eigenvalue weighted by atomic mass is 32.2. The lowest BCUT2D eigenvalue weighted by Crippen LogP contribution is -2.10. The molecule has 0 heterocycles. The predicted octanol–water partition coefficient (Wildman–Crippen LogP) is 3.43. The fraction of sp³-hybridized carbons (Fsp3) is 0.235. The number of hydrogen-bond donors (Lipinski definition) is 1. The Labute approximate surface area is 129 Å². The fourth-order valence-corrected chi connectivity index (χ4v) is 3.60. The van der Waals surface area contributed by atoms with Crippen LogP contribution in [0.5, 0.6) is 0 Å². The van der Waals surface area contributed by atoms with Gasteiger partial charge in [-0.05, 0) is 37.0 Å². The number of hydrogen-bond acceptors (Lipinski definition) is 3. The highest BCUT2D eigenvalue weighted by Gasteiger charge is 2.20. The molecule has 0 unspecified atom stereocenters. The summed E-state index contributed by atoms with van der Waals surface area (Å²) in [4.78, 5) is 11.8. The van der Waals surface area contributed by atoms with Crippen LogP contribution < -0.4 is 0 Å². The first-order valence-electron chi connectivity index (χ1n) is 7.11. The summed E-state index contributed by atoms with van der Waals surface area (Å²) in [6, 6.07) is 10.1. The van der Waals surface area contributed by atoms with Crippen molar-refractivity contribution in [2.24, 2.45) is 0 Å². The number of aryl methyl sites for hydroxylation is 2. The van der Waals surface area contributed by atoms with E-state index < -0.39 is 10.1 Å². The average Bonchev–Trinajstić information content (AvgIpc) is 2.46. The molecular formula is C17H16O4S. The lowest BCUT2D eigenvalue weighted by atomic mass is 9.88. The maximum Gasteiger partial charge on any atom is 0.295 e. The van der Waals surface area contributed by atoms with Gasteiger partial charge in [0, 0.05) is 17.5 Å². The normalized spacial score (nSPS) is 14.7. The Morgan fingerprint density at radius 2 is 1.77 bits per heavy atom. The van der Waals surface area contributed by atoms with Crippen molar-refractivity contribution in [3.63, 3.8) is 0 Å². The molecule has 0 bridgehead atoms. The molecule has 1 aliphatic rings. The molecule has 22 heavy (non-hydrogen) atoms. The van der Waals surface area contributed by atoms with Gasteiger partial charge >= 0.3 is 0 Å². The van der Waals surface area contributed by atoms with E-state index in [1.807, 2.05) is 13.0 Å². The van der Waals surface area contributed by atoms with E-state index >= 15 is 0 Å². The first-order chi connectivity index (χ1) is 10.4. The quantitative estimate of drug-likeness (QED) is 0.862. The average molecular weight is 316 g/mol. The number of benzene rings is 2. The van der Waals surface area contributed by atoms with Crippen LogP contribution in [0.15, 0.2) is 41.3 Å². The number of ketones is 1. The smallest absolute Gasteiger partial charge is 0.294 e. The summed E-state index contributed by atoms with van der Waals surface area (Å²) in [5.41, 5.74) is 3.72. The minimum atomic E-state index is -4.30. The number of rotatable bonds is 2. The molecule has 1 aliphatic carbocycles. The second kappa shape index (κ2) is 5.34. The van der Waals surface area contributed by atoms with Crippen LogP contribution in [0.3, 0.4) is 0 Å². The van der Waals surface area contributed by atoms with Crippen LogP contribution in [0.2, 0.25) is 0 Å². The van der Waals surface area contributed by atoms with Crippen molar-refractivity contribution >= 4 is 15.9 Å². The molecule has 0 aliphatic heterocycles. The second-order valence-corrected chi connectivity index (χ2v) is 7.01. The number of Topliss-reactive ketones (excluding diaryl/α,β-unsaturated/α-hetero) is 1. The molecule has 0 atom stereocenters. The molecular weight excluding hydrogens is 300 g/mol. The first kappa shape index (κ1) is 14.9. The third-order valence-corrected chi connectivity index (χ3v) is 4.89. The van der Waals surface area contributed by atoms with Crippen molar-refractivity contribution in [1.29, 1.82) is 0 Å². The Morgan fingerprint density at radius 3 is 2.50 bits per heavy atom. The summed E-state index contributed by atoms with van der Waals surface area (Å²) in [5, 5.41) is 0. The van der Waals surface area contributed by atoms with E-state index in [1.165, 1.54) is 6.07 Å². The zero-order valence-electron chi connectivity index (χ0n) is 12.2. The zero-order chi connectivity index (χ0) is 15.9. The molecule has 0 saturated heterocycles. The Hall–Kier alpha value is -1.98. The van der Waals surface area contributed by atoms with Crippen LogP contribution in [-0.2, 0) is 16.5 Å². The number of fused-ring (bicyclic) bond motifs is 1. The molecule has 0 amide bonds. The zero-order valence-corrected chi connectivity index (χ0v) is 13.0. The molecule has 5 heteroatoms. The molecule has 3 rings (SSSR count). The fourth-order valence-electron chi connectivity index (χ4n) is 2.91. The molecule has 0 radical (unpaired) electrons. The van der Waals surface area contributed by atoms with Crippen LogP contribution in [-0.4, -0.2) is 18.8 Å². The van der Waals surface area contributed by atoms with E-state index in [1.54, 1.807) is 24.3 Å². The Morgan fingerprint density at radius 1 is 1.00 bits per heavy atom. The molecule has 0 aromatic heterocycles. The van der Waals surface area contributed by atoms with Crippen molar-refractivity contribution in [2.45, 2.75) is 31.1 Å². The van der Waals surface area contributed by atoms with Gasteiger partial charge in [0.25, 0.3) is 10.1 Å². The van der Waals surface area contributed by atoms with Crippen molar-refractivity contribution in [3.8, 4) is 11.1 Å². The maximum atomic E-state index is 11.9. The molecule has 2 aromatic rings. The van der Waals surface area contributed by atoms with E-state index in [0.29, 0.717) is 17.5 Å². The van der Waals surface area contributed by atoms with E-state index in [0.717, 1.165) is 29.5 Å². The van der Waals surface area contributed by atoms with Gasteiger partial charge in [-0.2, -0.15) is 8.42 Å². The number of carbonyl (C=O) groups is 1. The lowest BCUT2D eigenvalue weighted by molar-refractivity contribution is 0.0972. The Balaban J connectivity index is 2.20. The van der Waals surface area contributed by atoms with Gasteiger partial charge in [-0.25, -0.2) is 0 Å². The van der Waals surface area contributed by atoms with Gasteiger partial charge in [0.1, 0.15) is 4.90 Å². The highest BCUT2D eigenvalue weighted by Crippen LogP contribution is 2.32. The van der Waals surface area contributed by atoms with Gasteiger partial charge in [-0.1, -0.05) is 35.9 Å². The van der Waals surface area contributed by atoms with Crippen molar-refractivity contribution in [3.05, 3.63) is 53.1 Å². The van der Waals surface area contributed by atoms with Crippen LogP contribution in [0.1, 0.15) is 34.3 Å². The molecule has 114 valence electrons. The number of carbonyl (C=O) groups excluding carboxylic acids is 1. The van der Waals surface area contributed by atoms with E-state index in [2.05, 4.69) is 0 Å². The van der Waals surface area contributed by atoms with Gasteiger partial charge in [-0.15, -0.1) is 0 Å². The molecule has 1 N–H and O–H groups in total.